The molecule has 0 aromatic heterocycles. The Balaban J connectivity index is 1.66. The van der Waals surface area contributed by atoms with Crippen LogP contribution in [-0.4, -0.2) is 34.6 Å². The molecule has 0 radical (unpaired) electrons. The third-order valence-corrected chi connectivity index (χ3v) is 7.01. The number of hydrogen-bond donors (Lipinski definition) is 1. The number of aryl methyl sites for hydroxylation is 2. The Kier molecular flexibility index (Phi) is 8.59. The first-order valence-electron chi connectivity index (χ1n) is 11.2. The lowest BCUT2D eigenvalue weighted by Gasteiger charge is -2.30. The van der Waals surface area contributed by atoms with E-state index in [4.69, 9.17) is 0 Å². The number of carbonyl (C=O) groups is 2. The van der Waals surface area contributed by atoms with Gasteiger partial charge in [-0.2, -0.15) is 0 Å². The Labute approximate surface area is 190 Å². The molecule has 0 unspecified atom stereocenters. The van der Waals surface area contributed by atoms with Gasteiger partial charge in [0.1, 0.15) is 6.04 Å². The highest BCUT2D eigenvalue weighted by Gasteiger charge is 2.28. The standard InChI is InChI=1S/C26H34N2O2S/c1-19-9-8-11-22(15-19)16-28(21(3)26(30)27-24-13-6-7-14-24)25(29)18-31-17-23-12-5-4-10-20(23)2/h4-5,8-12,15,21,24H,6-7,13-14,16-18H2,1-3H3,(H,27,30)/t21-/m1/s1. The van der Waals surface area contributed by atoms with Gasteiger partial charge in [-0.25, -0.2) is 0 Å². The highest BCUT2D eigenvalue weighted by atomic mass is 32.2. The molecule has 0 bridgehead atoms. The molecule has 4 nitrogen and oxygen atoms in total. The summed E-state index contributed by atoms with van der Waals surface area (Å²) in [5, 5.41) is 3.16. The molecule has 3 rings (SSSR count). The molecule has 0 heterocycles. The van der Waals surface area contributed by atoms with Crippen LogP contribution in [0.1, 0.15) is 54.9 Å². The van der Waals surface area contributed by atoms with Crippen molar-refractivity contribution >= 4 is 23.6 Å². The van der Waals surface area contributed by atoms with Crippen molar-refractivity contribution in [1.82, 2.24) is 10.2 Å². The first-order valence-corrected chi connectivity index (χ1v) is 12.4. The van der Waals surface area contributed by atoms with Gasteiger partial charge in [0.15, 0.2) is 0 Å². The Bertz CT molecular complexity index is 892. The van der Waals surface area contributed by atoms with Gasteiger partial charge in [0, 0.05) is 18.3 Å². The first-order chi connectivity index (χ1) is 14.9. The predicted molar refractivity (Wildman–Crippen MR) is 129 cm³/mol. The van der Waals surface area contributed by atoms with Crippen molar-refractivity contribution in [3.63, 3.8) is 0 Å². The van der Waals surface area contributed by atoms with Crippen LogP contribution in [0.15, 0.2) is 48.5 Å². The van der Waals surface area contributed by atoms with Crippen LogP contribution in [0.3, 0.4) is 0 Å². The summed E-state index contributed by atoms with van der Waals surface area (Å²) in [5.74, 6) is 1.12. The first kappa shape index (κ1) is 23.4. The minimum absolute atomic E-state index is 0.00848. The number of thioether (sulfide) groups is 1. The number of rotatable bonds is 9. The highest BCUT2D eigenvalue weighted by molar-refractivity contribution is 7.99. The van der Waals surface area contributed by atoms with E-state index in [2.05, 4.69) is 30.4 Å². The van der Waals surface area contributed by atoms with Crippen LogP contribution >= 0.6 is 11.8 Å². The van der Waals surface area contributed by atoms with E-state index in [-0.39, 0.29) is 17.9 Å². The second-order valence-corrected chi connectivity index (χ2v) is 9.58. The highest BCUT2D eigenvalue weighted by Crippen LogP contribution is 2.20. The van der Waals surface area contributed by atoms with E-state index in [0.29, 0.717) is 12.3 Å². The third kappa shape index (κ3) is 6.86. The summed E-state index contributed by atoms with van der Waals surface area (Å²) in [4.78, 5) is 27.9. The van der Waals surface area contributed by atoms with Crippen LogP contribution in [-0.2, 0) is 21.9 Å². The van der Waals surface area contributed by atoms with Crippen molar-refractivity contribution < 1.29 is 9.59 Å². The quantitative estimate of drug-likeness (QED) is 0.598. The van der Waals surface area contributed by atoms with Crippen molar-refractivity contribution in [2.45, 2.75) is 70.8 Å². The van der Waals surface area contributed by atoms with Gasteiger partial charge < -0.3 is 10.2 Å². The monoisotopic (exact) mass is 438 g/mol. The SMILES string of the molecule is Cc1cccc(CN(C(=O)CSCc2ccccc2C)[C@H](C)C(=O)NC2CCCC2)c1. The number of nitrogens with zero attached hydrogens (tertiary/aromatic N) is 1. The van der Waals surface area contributed by atoms with Gasteiger partial charge in [-0.05, 0) is 50.3 Å². The van der Waals surface area contributed by atoms with Crippen LogP contribution in [0.5, 0.6) is 0 Å². The van der Waals surface area contributed by atoms with Crippen LogP contribution in [0.25, 0.3) is 0 Å². The zero-order valence-corrected chi connectivity index (χ0v) is 19.7. The van der Waals surface area contributed by atoms with E-state index in [1.54, 1.807) is 16.7 Å². The minimum atomic E-state index is -0.493. The van der Waals surface area contributed by atoms with Gasteiger partial charge >= 0.3 is 0 Å². The van der Waals surface area contributed by atoms with Crippen molar-refractivity contribution in [2.75, 3.05) is 5.75 Å². The van der Waals surface area contributed by atoms with Crippen LogP contribution in [0.2, 0.25) is 0 Å². The number of amides is 2. The Morgan fingerprint density at radius 2 is 1.84 bits per heavy atom. The van der Waals surface area contributed by atoms with E-state index in [0.717, 1.165) is 29.7 Å². The van der Waals surface area contributed by atoms with Gasteiger partial charge in [-0.1, -0.05) is 66.9 Å². The minimum Gasteiger partial charge on any atom is -0.352 e. The van der Waals surface area contributed by atoms with E-state index >= 15 is 0 Å². The van der Waals surface area contributed by atoms with E-state index < -0.39 is 6.04 Å². The molecule has 1 aliphatic rings. The Morgan fingerprint density at radius 1 is 1.10 bits per heavy atom. The predicted octanol–water partition coefficient (Wildman–Crippen LogP) is 5.01. The second kappa shape index (κ2) is 11.4. The summed E-state index contributed by atoms with van der Waals surface area (Å²) >= 11 is 1.61. The van der Waals surface area contributed by atoms with Gasteiger partial charge in [0.25, 0.3) is 0 Å². The summed E-state index contributed by atoms with van der Waals surface area (Å²) in [6.45, 7) is 6.44. The summed E-state index contributed by atoms with van der Waals surface area (Å²) in [6, 6.07) is 16.2. The molecule has 1 fully saturated rings. The van der Waals surface area contributed by atoms with Gasteiger partial charge in [-0.3, -0.25) is 9.59 Å². The topological polar surface area (TPSA) is 49.4 Å². The molecule has 0 spiro atoms. The largest absolute Gasteiger partial charge is 0.352 e. The second-order valence-electron chi connectivity index (χ2n) is 8.60. The molecule has 1 N–H and O–H groups in total. The van der Waals surface area contributed by atoms with Gasteiger partial charge in [0.05, 0.1) is 5.75 Å². The fourth-order valence-electron chi connectivity index (χ4n) is 4.09. The molecule has 5 heteroatoms. The zero-order valence-electron chi connectivity index (χ0n) is 18.9. The van der Waals surface area contributed by atoms with Crippen LogP contribution in [0.4, 0.5) is 0 Å². The van der Waals surface area contributed by atoms with Crippen molar-refractivity contribution in [3.05, 3.63) is 70.8 Å². The molecule has 2 aromatic rings. The molecular weight excluding hydrogens is 404 g/mol. The Hall–Kier alpha value is -2.27. The lowest BCUT2D eigenvalue weighted by atomic mass is 10.1. The van der Waals surface area contributed by atoms with Crippen molar-refractivity contribution in [2.24, 2.45) is 0 Å². The molecule has 2 amide bonds. The summed E-state index contributed by atoms with van der Waals surface area (Å²) in [6.07, 6.45) is 4.41. The van der Waals surface area contributed by atoms with Crippen LogP contribution < -0.4 is 5.32 Å². The van der Waals surface area contributed by atoms with Crippen molar-refractivity contribution in [3.8, 4) is 0 Å². The van der Waals surface area contributed by atoms with Gasteiger partial charge in [0.2, 0.25) is 11.8 Å². The molecule has 1 aliphatic carbocycles. The average molecular weight is 439 g/mol. The summed E-state index contributed by atoms with van der Waals surface area (Å²) < 4.78 is 0. The number of carbonyl (C=O) groups excluding carboxylic acids is 2. The van der Waals surface area contributed by atoms with E-state index in [1.165, 1.54) is 24.0 Å². The van der Waals surface area contributed by atoms with E-state index in [9.17, 15) is 9.59 Å². The lowest BCUT2D eigenvalue weighted by Crippen LogP contribution is -2.50. The Morgan fingerprint density at radius 3 is 2.55 bits per heavy atom. The molecule has 1 atom stereocenters. The lowest BCUT2D eigenvalue weighted by molar-refractivity contribution is -0.138. The normalized spacial score (nSPS) is 14.9. The molecule has 0 saturated heterocycles. The van der Waals surface area contributed by atoms with Crippen LogP contribution in [0, 0.1) is 13.8 Å². The van der Waals surface area contributed by atoms with E-state index in [1.807, 2.05) is 44.2 Å². The maximum atomic E-state index is 13.2. The number of benzene rings is 2. The molecular formula is C26H34N2O2S. The zero-order chi connectivity index (χ0) is 22.2. The number of hydrogen-bond acceptors (Lipinski definition) is 3. The molecule has 166 valence electrons. The average Bonchev–Trinajstić information content (AvgIpc) is 3.26. The summed E-state index contributed by atoms with van der Waals surface area (Å²) in [5.41, 5.74) is 4.69. The maximum absolute atomic E-state index is 13.2. The maximum Gasteiger partial charge on any atom is 0.242 e. The fraction of sp³-hybridized carbons (Fsp3) is 0.462. The summed E-state index contributed by atoms with van der Waals surface area (Å²) in [7, 11) is 0. The molecule has 31 heavy (non-hydrogen) atoms. The third-order valence-electron chi connectivity index (χ3n) is 6.05. The van der Waals surface area contributed by atoms with Gasteiger partial charge in [-0.15, -0.1) is 11.8 Å². The molecule has 2 aromatic carbocycles. The molecule has 0 aliphatic heterocycles. The number of nitrogens with one attached hydrogen (secondary N) is 1. The smallest absolute Gasteiger partial charge is 0.242 e. The van der Waals surface area contributed by atoms with Crippen molar-refractivity contribution in [1.29, 1.82) is 0 Å². The molecule has 1 saturated carbocycles. The fourth-order valence-corrected chi connectivity index (χ4v) is 5.07.